The van der Waals surface area contributed by atoms with Crippen molar-refractivity contribution < 1.29 is 14.3 Å². The Kier molecular flexibility index (Phi) is 5.72. The Labute approximate surface area is 171 Å². The molecule has 2 aliphatic heterocycles. The fraction of sp³-hybridized carbons (Fsp3) is 0.478. The number of amides is 2. The number of nitrogens with zero attached hydrogens (tertiary/aromatic N) is 2. The Hall–Kier alpha value is -2.60. The molecule has 0 aliphatic carbocycles. The van der Waals surface area contributed by atoms with Gasteiger partial charge in [-0.25, -0.2) is 4.79 Å². The van der Waals surface area contributed by atoms with Crippen LogP contribution >= 0.6 is 0 Å². The smallest absolute Gasteiger partial charge is 0.314 e. The Morgan fingerprint density at radius 1 is 1.00 bits per heavy atom. The molecule has 29 heavy (non-hydrogen) atoms. The summed E-state index contributed by atoms with van der Waals surface area (Å²) in [5, 5.41) is 2.12. The van der Waals surface area contributed by atoms with E-state index in [9.17, 15) is 9.59 Å². The third kappa shape index (κ3) is 4.22. The number of nitrogens with two attached hydrogens (primary N) is 1. The summed E-state index contributed by atoms with van der Waals surface area (Å²) in [6.45, 7) is 3.16. The molecule has 0 aromatic heterocycles. The number of urea groups is 1. The number of piperidine rings is 2. The van der Waals surface area contributed by atoms with Crippen molar-refractivity contribution in [3.63, 3.8) is 0 Å². The quantitative estimate of drug-likeness (QED) is 0.806. The van der Waals surface area contributed by atoms with Crippen LogP contribution in [0, 0.1) is 5.92 Å². The fourth-order valence-corrected chi connectivity index (χ4v) is 4.74. The van der Waals surface area contributed by atoms with E-state index in [1.165, 1.54) is 0 Å². The SMILES string of the molecule is COc1ccc2cc(C(=O)C3CCCN(C4CCCN(C(N)=O)C4)C3)ccc2c1. The van der Waals surface area contributed by atoms with E-state index >= 15 is 0 Å². The van der Waals surface area contributed by atoms with Crippen molar-refractivity contribution in [2.75, 3.05) is 33.3 Å². The van der Waals surface area contributed by atoms with E-state index in [-0.39, 0.29) is 17.7 Å². The van der Waals surface area contributed by atoms with Crippen LogP contribution < -0.4 is 10.5 Å². The predicted molar refractivity (Wildman–Crippen MR) is 113 cm³/mol. The van der Waals surface area contributed by atoms with Gasteiger partial charge in [0.05, 0.1) is 7.11 Å². The van der Waals surface area contributed by atoms with Gasteiger partial charge in [-0.2, -0.15) is 0 Å². The highest BCUT2D eigenvalue weighted by molar-refractivity contribution is 6.01. The molecule has 2 saturated heterocycles. The summed E-state index contributed by atoms with van der Waals surface area (Å²) >= 11 is 0. The maximum atomic E-state index is 13.2. The van der Waals surface area contributed by atoms with Gasteiger partial charge in [0.1, 0.15) is 5.75 Å². The molecule has 2 unspecified atom stereocenters. The highest BCUT2D eigenvalue weighted by atomic mass is 16.5. The molecule has 2 fully saturated rings. The minimum absolute atomic E-state index is 0.00315. The van der Waals surface area contributed by atoms with Gasteiger partial charge in [-0.05, 0) is 61.2 Å². The number of hydrogen-bond donors (Lipinski definition) is 1. The van der Waals surface area contributed by atoms with Gasteiger partial charge in [0.15, 0.2) is 5.78 Å². The second-order valence-corrected chi connectivity index (χ2v) is 8.21. The lowest BCUT2D eigenvalue weighted by atomic mass is 9.88. The molecule has 2 atom stereocenters. The van der Waals surface area contributed by atoms with Crippen LogP contribution in [0.3, 0.4) is 0 Å². The van der Waals surface area contributed by atoms with Crippen molar-refractivity contribution in [1.29, 1.82) is 0 Å². The molecule has 0 radical (unpaired) electrons. The molecular formula is C23H29N3O3. The van der Waals surface area contributed by atoms with Gasteiger partial charge in [-0.3, -0.25) is 9.69 Å². The van der Waals surface area contributed by atoms with Crippen LogP contribution in [-0.2, 0) is 0 Å². The topological polar surface area (TPSA) is 75.9 Å². The van der Waals surface area contributed by atoms with Gasteiger partial charge >= 0.3 is 6.03 Å². The lowest BCUT2D eigenvalue weighted by Crippen LogP contribution is -2.54. The highest BCUT2D eigenvalue weighted by Crippen LogP contribution is 2.28. The molecule has 6 heteroatoms. The summed E-state index contributed by atoms with van der Waals surface area (Å²) in [6, 6.07) is 11.8. The van der Waals surface area contributed by atoms with E-state index in [1.807, 2.05) is 36.4 Å². The van der Waals surface area contributed by atoms with Crippen molar-refractivity contribution in [3.05, 3.63) is 42.0 Å². The average Bonchev–Trinajstić information content (AvgIpc) is 2.78. The molecule has 0 bridgehead atoms. The molecular weight excluding hydrogens is 366 g/mol. The van der Waals surface area contributed by atoms with Crippen molar-refractivity contribution in [3.8, 4) is 5.75 Å². The molecule has 2 aromatic rings. The molecule has 2 aromatic carbocycles. The van der Waals surface area contributed by atoms with Crippen LogP contribution in [-0.4, -0.2) is 60.9 Å². The van der Waals surface area contributed by atoms with Crippen LogP contribution in [0.25, 0.3) is 10.8 Å². The summed E-state index contributed by atoms with van der Waals surface area (Å²) in [5.74, 6) is 1.04. The van der Waals surface area contributed by atoms with Crippen molar-refractivity contribution in [1.82, 2.24) is 9.80 Å². The van der Waals surface area contributed by atoms with Crippen LogP contribution in [0.5, 0.6) is 5.75 Å². The van der Waals surface area contributed by atoms with E-state index in [2.05, 4.69) is 4.90 Å². The number of hydrogen-bond acceptors (Lipinski definition) is 4. The summed E-state index contributed by atoms with van der Waals surface area (Å²) in [7, 11) is 1.66. The standard InChI is InChI=1S/C23H29N3O3/c1-29-21-9-8-16-12-18(7-6-17(16)13-21)22(27)19-4-2-10-25(14-19)20-5-3-11-26(15-20)23(24)28/h6-9,12-13,19-20H,2-5,10-11,14-15H2,1H3,(H2,24,28). The summed E-state index contributed by atoms with van der Waals surface area (Å²) in [4.78, 5) is 28.9. The highest BCUT2D eigenvalue weighted by Gasteiger charge is 2.33. The van der Waals surface area contributed by atoms with E-state index in [4.69, 9.17) is 10.5 Å². The van der Waals surface area contributed by atoms with Crippen molar-refractivity contribution in [2.24, 2.45) is 11.7 Å². The van der Waals surface area contributed by atoms with Gasteiger partial charge < -0.3 is 15.4 Å². The van der Waals surface area contributed by atoms with Crippen molar-refractivity contribution in [2.45, 2.75) is 31.7 Å². The maximum Gasteiger partial charge on any atom is 0.314 e. The predicted octanol–water partition coefficient (Wildman–Crippen LogP) is 3.29. The van der Waals surface area contributed by atoms with Crippen LogP contribution in [0.4, 0.5) is 4.79 Å². The number of rotatable bonds is 4. The second-order valence-electron chi connectivity index (χ2n) is 8.21. The van der Waals surface area contributed by atoms with Gasteiger partial charge in [-0.1, -0.05) is 18.2 Å². The maximum absolute atomic E-state index is 13.2. The second kappa shape index (κ2) is 8.41. The Balaban J connectivity index is 1.47. The number of carbonyl (C=O) groups is 2. The molecule has 6 nitrogen and oxygen atoms in total. The summed E-state index contributed by atoms with van der Waals surface area (Å²) in [6.07, 6.45) is 3.95. The molecule has 2 amide bonds. The lowest BCUT2D eigenvalue weighted by Gasteiger charge is -2.42. The molecule has 0 saturated carbocycles. The van der Waals surface area contributed by atoms with Gasteiger partial charge in [-0.15, -0.1) is 0 Å². The van der Waals surface area contributed by atoms with Crippen LogP contribution in [0.1, 0.15) is 36.0 Å². The van der Waals surface area contributed by atoms with E-state index in [1.54, 1.807) is 12.0 Å². The first-order valence-electron chi connectivity index (χ1n) is 10.5. The average molecular weight is 396 g/mol. The number of primary amides is 1. The summed E-state index contributed by atoms with van der Waals surface area (Å²) < 4.78 is 5.28. The number of benzene rings is 2. The first-order chi connectivity index (χ1) is 14.0. The number of ketones is 1. The van der Waals surface area contributed by atoms with E-state index < -0.39 is 0 Å². The number of Topliss-reactive ketones (excluding diaryl/α,β-unsaturated/α-hetero) is 1. The van der Waals surface area contributed by atoms with Crippen LogP contribution in [0.2, 0.25) is 0 Å². The normalized spacial score (nSPS) is 23.1. The zero-order valence-electron chi connectivity index (χ0n) is 17.0. The van der Waals surface area contributed by atoms with Gasteiger partial charge in [0.25, 0.3) is 0 Å². The number of likely N-dealkylation sites (tertiary alicyclic amines) is 2. The number of methoxy groups -OCH3 is 1. The molecule has 2 N–H and O–H groups in total. The first kappa shape index (κ1) is 19.7. The van der Waals surface area contributed by atoms with E-state index in [0.717, 1.165) is 67.4 Å². The molecule has 2 aliphatic rings. The third-order valence-corrected chi connectivity index (χ3v) is 6.38. The minimum atomic E-state index is -0.341. The third-order valence-electron chi connectivity index (χ3n) is 6.38. The fourth-order valence-electron chi connectivity index (χ4n) is 4.74. The van der Waals surface area contributed by atoms with Gasteiger partial charge in [0.2, 0.25) is 0 Å². The number of carbonyl (C=O) groups excluding carboxylic acids is 2. The number of fused-ring (bicyclic) bond motifs is 1. The zero-order chi connectivity index (χ0) is 20.4. The lowest BCUT2D eigenvalue weighted by molar-refractivity contribution is 0.0612. The Bertz CT molecular complexity index is 913. The molecule has 0 spiro atoms. The van der Waals surface area contributed by atoms with Gasteiger partial charge in [0, 0.05) is 37.2 Å². The van der Waals surface area contributed by atoms with Crippen LogP contribution in [0.15, 0.2) is 36.4 Å². The Morgan fingerprint density at radius 3 is 2.55 bits per heavy atom. The molecule has 154 valence electrons. The van der Waals surface area contributed by atoms with E-state index in [0.29, 0.717) is 12.6 Å². The number of ether oxygens (including phenoxy) is 1. The zero-order valence-corrected chi connectivity index (χ0v) is 17.0. The largest absolute Gasteiger partial charge is 0.497 e. The monoisotopic (exact) mass is 395 g/mol. The first-order valence-corrected chi connectivity index (χ1v) is 10.5. The molecule has 4 rings (SSSR count). The minimum Gasteiger partial charge on any atom is -0.497 e. The summed E-state index contributed by atoms with van der Waals surface area (Å²) in [5.41, 5.74) is 6.26. The molecule has 2 heterocycles. The van der Waals surface area contributed by atoms with Crippen molar-refractivity contribution >= 4 is 22.6 Å². The Morgan fingerprint density at radius 2 is 1.76 bits per heavy atom.